The third-order valence-corrected chi connectivity index (χ3v) is 2.03. The van der Waals surface area contributed by atoms with Gasteiger partial charge in [-0.15, -0.1) is 0 Å². The lowest BCUT2D eigenvalue weighted by Crippen LogP contribution is -2.43. The molecule has 0 aliphatic heterocycles. The summed E-state index contributed by atoms with van der Waals surface area (Å²) in [5, 5.41) is 11.0. The first kappa shape index (κ1) is 15.7. The maximum atomic E-state index is 11.6. The van der Waals surface area contributed by atoms with Crippen molar-refractivity contribution >= 4 is 12.0 Å². The van der Waals surface area contributed by atoms with E-state index in [0.29, 0.717) is 26.3 Å². The molecule has 0 unspecified atom stereocenters. The Balaban J connectivity index is 3.97. The Morgan fingerprint density at radius 2 is 1.71 bits per heavy atom. The Morgan fingerprint density at radius 3 is 2.12 bits per heavy atom. The minimum absolute atomic E-state index is 0.0892. The molecule has 0 aliphatic carbocycles. The van der Waals surface area contributed by atoms with Crippen LogP contribution in [0.5, 0.6) is 0 Å². The van der Waals surface area contributed by atoms with Crippen molar-refractivity contribution in [3.8, 4) is 0 Å². The quantitative estimate of drug-likeness (QED) is 0.588. The van der Waals surface area contributed by atoms with Crippen molar-refractivity contribution < 1.29 is 24.2 Å². The van der Waals surface area contributed by atoms with Gasteiger partial charge in [-0.3, -0.25) is 4.79 Å². The fourth-order valence-electron chi connectivity index (χ4n) is 1.11. The van der Waals surface area contributed by atoms with Gasteiger partial charge >= 0.3 is 12.0 Å². The lowest BCUT2D eigenvalue weighted by Gasteiger charge is -2.22. The van der Waals surface area contributed by atoms with Crippen molar-refractivity contribution in [3.05, 3.63) is 0 Å². The number of nitrogens with one attached hydrogen (secondary N) is 1. The van der Waals surface area contributed by atoms with Gasteiger partial charge < -0.3 is 24.8 Å². The van der Waals surface area contributed by atoms with Crippen molar-refractivity contribution in [3.63, 3.8) is 0 Å². The Morgan fingerprint density at radius 1 is 1.18 bits per heavy atom. The number of rotatable bonds is 9. The monoisotopic (exact) mass is 248 g/mol. The number of aliphatic carboxylic acids is 1. The van der Waals surface area contributed by atoms with Gasteiger partial charge in [0.1, 0.15) is 0 Å². The zero-order chi connectivity index (χ0) is 13.1. The average molecular weight is 248 g/mol. The molecule has 0 aromatic heterocycles. The number of ether oxygens (including phenoxy) is 2. The van der Waals surface area contributed by atoms with Gasteiger partial charge in [0, 0.05) is 33.9 Å². The lowest BCUT2D eigenvalue weighted by atomic mass is 10.4. The second-order valence-electron chi connectivity index (χ2n) is 3.35. The van der Waals surface area contributed by atoms with Gasteiger partial charge in [-0.25, -0.2) is 4.79 Å². The Bertz CT molecular complexity index is 227. The predicted octanol–water partition coefficient (Wildman–Crippen LogP) is -0.234. The molecular formula is C10H20N2O5. The summed E-state index contributed by atoms with van der Waals surface area (Å²) < 4.78 is 9.78. The second-order valence-corrected chi connectivity index (χ2v) is 3.35. The molecule has 0 saturated heterocycles. The van der Waals surface area contributed by atoms with Crippen LogP contribution in [0, 0.1) is 0 Å². The van der Waals surface area contributed by atoms with E-state index in [9.17, 15) is 9.59 Å². The first-order valence-electron chi connectivity index (χ1n) is 5.34. The van der Waals surface area contributed by atoms with E-state index in [-0.39, 0.29) is 19.0 Å². The van der Waals surface area contributed by atoms with Gasteiger partial charge in [0.15, 0.2) is 0 Å². The zero-order valence-corrected chi connectivity index (χ0v) is 10.3. The standard InChI is InChI=1S/C10H20N2O5/c1-16-7-5-12(6-8-17-2)10(15)11-4-3-9(13)14/h3-8H2,1-2H3,(H,11,15)(H,13,14). The van der Waals surface area contributed by atoms with Crippen molar-refractivity contribution in [1.29, 1.82) is 0 Å². The van der Waals surface area contributed by atoms with Gasteiger partial charge in [0.2, 0.25) is 0 Å². The molecule has 0 atom stereocenters. The molecule has 0 aromatic rings. The first-order valence-corrected chi connectivity index (χ1v) is 5.34. The fraction of sp³-hybridized carbons (Fsp3) is 0.800. The molecule has 2 N–H and O–H groups in total. The van der Waals surface area contributed by atoms with Crippen molar-refractivity contribution in [2.45, 2.75) is 6.42 Å². The molecule has 0 fully saturated rings. The van der Waals surface area contributed by atoms with Crippen LogP contribution in [0.4, 0.5) is 4.79 Å². The van der Waals surface area contributed by atoms with Crippen molar-refractivity contribution in [2.24, 2.45) is 0 Å². The highest BCUT2D eigenvalue weighted by Gasteiger charge is 2.12. The topological polar surface area (TPSA) is 88.1 Å². The van der Waals surface area contributed by atoms with E-state index in [2.05, 4.69) is 5.32 Å². The molecule has 0 radical (unpaired) electrons. The molecule has 7 heteroatoms. The number of methoxy groups -OCH3 is 2. The van der Waals surface area contributed by atoms with Gasteiger partial charge in [-0.05, 0) is 0 Å². The summed E-state index contributed by atoms with van der Waals surface area (Å²) in [6, 6.07) is -0.305. The van der Waals surface area contributed by atoms with E-state index in [1.807, 2.05) is 0 Å². The number of carboxylic acid groups (broad SMARTS) is 1. The Kier molecular flexibility index (Phi) is 9.08. The molecule has 7 nitrogen and oxygen atoms in total. The summed E-state index contributed by atoms with van der Waals surface area (Å²) in [7, 11) is 3.10. The zero-order valence-electron chi connectivity index (χ0n) is 10.3. The van der Waals surface area contributed by atoms with E-state index in [1.54, 1.807) is 14.2 Å². The minimum atomic E-state index is -0.939. The Hall–Kier alpha value is -1.34. The summed E-state index contributed by atoms with van der Waals surface area (Å²) in [5.41, 5.74) is 0. The highest BCUT2D eigenvalue weighted by atomic mass is 16.5. The number of hydrogen-bond acceptors (Lipinski definition) is 4. The molecule has 100 valence electrons. The number of urea groups is 1. The highest BCUT2D eigenvalue weighted by molar-refractivity contribution is 5.75. The summed E-state index contributed by atoms with van der Waals surface area (Å²) in [4.78, 5) is 23.5. The van der Waals surface area contributed by atoms with Crippen LogP contribution in [0.3, 0.4) is 0 Å². The number of carboxylic acids is 1. The number of nitrogens with zero attached hydrogens (tertiary/aromatic N) is 1. The van der Waals surface area contributed by atoms with Crippen LogP contribution >= 0.6 is 0 Å². The lowest BCUT2D eigenvalue weighted by molar-refractivity contribution is -0.136. The molecule has 0 aliphatic rings. The minimum Gasteiger partial charge on any atom is -0.481 e. The summed E-state index contributed by atoms with van der Waals surface area (Å²) in [5.74, 6) is -0.939. The first-order chi connectivity index (χ1) is 8.11. The third-order valence-electron chi connectivity index (χ3n) is 2.03. The van der Waals surface area contributed by atoms with E-state index in [4.69, 9.17) is 14.6 Å². The van der Waals surface area contributed by atoms with E-state index in [1.165, 1.54) is 4.90 Å². The summed E-state index contributed by atoms with van der Waals surface area (Å²) >= 11 is 0. The fourth-order valence-corrected chi connectivity index (χ4v) is 1.11. The van der Waals surface area contributed by atoms with E-state index in [0.717, 1.165) is 0 Å². The molecule has 0 saturated carbocycles. The normalized spacial score (nSPS) is 10.0. The summed E-state index contributed by atoms with van der Waals surface area (Å²) in [6.45, 7) is 1.86. The average Bonchev–Trinajstić information content (AvgIpc) is 2.28. The van der Waals surface area contributed by atoms with Crippen LogP contribution in [-0.4, -0.2) is 69.1 Å². The molecule has 0 bridgehead atoms. The molecule has 0 heterocycles. The van der Waals surface area contributed by atoms with Crippen molar-refractivity contribution in [2.75, 3.05) is 47.1 Å². The molecule has 0 aromatic carbocycles. The molecule has 17 heavy (non-hydrogen) atoms. The largest absolute Gasteiger partial charge is 0.481 e. The van der Waals surface area contributed by atoms with Crippen molar-refractivity contribution in [1.82, 2.24) is 10.2 Å². The maximum absolute atomic E-state index is 11.6. The van der Waals surface area contributed by atoms with Crippen LogP contribution in [0.15, 0.2) is 0 Å². The Labute approximate surface area is 101 Å². The SMILES string of the molecule is COCCN(CCOC)C(=O)NCCC(=O)O. The van der Waals surface area contributed by atoms with E-state index < -0.39 is 5.97 Å². The van der Waals surface area contributed by atoms with Gasteiger partial charge in [0.05, 0.1) is 19.6 Å². The molecule has 0 spiro atoms. The van der Waals surface area contributed by atoms with E-state index >= 15 is 0 Å². The van der Waals surface area contributed by atoms with Crippen LogP contribution in [0.1, 0.15) is 6.42 Å². The van der Waals surface area contributed by atoms with Crippen LogP contribution < -0.4 is 5.32 Å². The molecule has 0 rings (SSSR count). The van der Waals surface area contributed by atoms with Crippen LogP contribution in [-0.2, 0) is 14.3 Å². The van der Waals surface area contributed by atoms with Crippen LogP contribution in [0.25, 0.3) is 0 Å². The summed E-state index contributed by atoms with van der Waals surface area (Å²) in [6.07, 6.45) is -0.0892. The van der Waals surface area contributed by atoms with Gasteiger partial charge in [0.25, 0.3) is 0 Å². The molecule has 2 amide bonds. The van der Waals surface area contributed by atoms with Crippen LogP contribution in [0.2, 0.25) is 0 Å². The maximum Gasteiger partial charge on any atom is 0.317 e. The number of carbonyl (C=O) groups excluding carboxylic acids is 1. The molecular weight excluding hydrogens is 228 g/mol. The number of amides is 2. The van der Waals surface area contributed by atoms with Gasteiger partial charge in [-0.1, -0.05) is 0 Å². The second kappa shape index (κ2) is 9.86. The van der Waals surface area contributed by atoms with Gasteiger partial charge in [-0.2, -0.15) is 0 Å². The predicted molar refractivity (Wildman–Crippen MR) is 61.0 cm³/mol. The number of hydrogen-bond donors (Lipinski definition) is 2. The third kappa shape index (κ3) is 8.47. The highest BCUT2D eigenvalue weighted by Crippen LogP contribution is 1.91. The smallest absolute Gasteiger partial charge is 0.317 e. The number of carbonyl (C=O) groups is 2.